The van der Waals surface area contributed by atoms with E-state index < -0.39 is 0 Å². The van der Waals surface area contributed by atoms with Gasteiger partial charge in [-0.2, -0.15) is 0 Å². The lowest BCUT2D eigenvalue weighted by Gasteiger charge is -2.04. The van der Waals surface area contributed by atoms with Crippen LogP contribution >= 0.6 is 0 Å². The second-order valence-corrected chi connectivity index (χ2v) is 6.09. The first kappa shape index (κ1) is 16.8. The summed E-state index contributed by atoms with van der Waals surface area (Å²) in [5.74, 6) is 0.775. The van der Waals surface area contributed by atoms with Crippen LogP contribution in [-0.2, 0) is 6.54 Å². The number of aromatic nitrogens is 2. The van der Waals surface area contributed by atoms with E-state index in [0.29, 0.717) is 5.56 Å². The van der Waals surface area contributed by atoms with Crippen LogP contribution < -0.4 is 9.30 Å². The second kappa shape index (κ2) is 7.26. The third kappa shape index (κ3) is 3.91. The van der Waals surface area contributed by atoms with E-state index in [4.69, 9.17) is 4.74 Å². The van der Waals surface area contributed by atoms with Crippen LogP contribution in [0.2, 0.25) is 0 Å². The molecule has 0 radical (unpaired) electrons. The zero-order chi connectivity index (χ0) is 17.8. The standard InChI is InChI=1S/C21H21N2O2/c1-15-4-9-19(16(2)12-15)20-10-11-23(14-22-20)13-21(24)17-5-7-18(25-3)8-6-17/h4-12,14H,13H2,1-3H3/q+1. The van der Waals surface area contributed by atoms with Crippen LogP contribution in [0.25, 0.3) is 11.3 Å². The molecule has 0 atom stereocenters. The summed E-state index contributed by atoms with van der Waals surface area (Å²) in [4.78, 5) is 16.9. The zero-order valence-corrected chi connectivity index (χ0v) is 14.7. The third-order valence-electron chi connectivity index (χ3n) is 4.17. The van der Waals surface area contributed by atoms with E-state index in [9.17, 15) is 4.79 Å². The Morgan fingerprint density at radius 2 is 1.84 bits per heavy atom. The lowest BCUT2D eigenvalue weighted by Crippen LogP contribution is -2.37. The molecule has 0 aliphatic carbocycles. The normalized spacial score (nSPS) is 10.5. The van der Waals surface area contributed by atoms with Gasteiger partial charge >= 0.3 is 0 Å². The molecule has 3 rings (SSSR count). The predicted octanol–water partition coefficient (Wildman–Crippen LogP) is 3.54. The molecule has 3 aromatic rings. The zero-order valence-electron chi connectivity index (χ0n) is 14.7. The Hall–Kier alpha value is -3.01. The molecule has 0 saturated heterocycles. The number of aryl methyl sites for hydroxylation is 2. The van der Waals surface area contributed by atoms with Gasteiger partial charge in [-0.05, 0) is 48.7 Å². The molecule has 0 bridgehead atoms. The fourth-order valence-corrected chi connectivity index (χ4v) is 2.77. The fraction of sp³-hybridized carbons (Fsp3) is 0.190. The van der Waals surface area contributed by atoms with Gasteiger partial charge in [0.2, 0.25) is 5.78 Å². The predicted molar refractivity (Wildman–Crippen MR) is 96.7 cm³/mol. The largest absolute Gasteiger partial charge is 0.497 e. The van der Waals surface area contributed by atoms with Crippen LogP contribution in [0.3, 0.4) is 0 Å². The van der Waals surface area contributed by atoms with Crippen molar-refractivity contribution in [3.05, 3.63) is 77.7 Å². The van der Waals surface area contributed by atoms with Crippen LogP contribution in [0.4, 0.5) is 0 Å². The van der Waals surface area contributed by atoms with Gasteiger partial charge in [-0.25, -0.2) is 4.57 Å². The highest BCUT2D eigenvalue weighted by atomic mass is 16.5. The number of carbonyl (C=O) groups is 1. The molecule has 0 aliphatic heterocycles. The highest BCUT2D eigenvalue weighted by Gasteiger charge is 2.13. The lowest BCUT2D eigenvalue weighted by atomic mass is 10.0. The van der Waals surface area contributed by atoms with E-state index >= 15 is 0 Å². The molecule has 0 fully saturated rings. The number of Topliss-reactive ketones (excluding diaryl/α,β-unsaturated/α-hetero) is 1. The monoisotopic (exact) mass is 333 g/mol. The minimum atomic E-state index is 0.0359. The maximum atomic E-state index is 12.4. The Morgan fingerprint density at radius 3 is 2.44 bits per heavy atom. The van der Waals surface area contributed by atoms with Crippen molar-refractivity contribution in [1.82, 2.24) is 4.98 Å². The van der Waals surface area contributed by atoms with E-state index in [1.807, 2.05) is 12.3 Å². The quantitative estimate of drug-likeness (QED) is 0.530. The molecular weight excluding hydrogens is 312 g/mol. The molecule has 0 spiro atoms. The summed E-state index contributed by atoms with van der Waals surface area (Å²) in [5, 5.41) is 0. The van der Waals surface area contributed by atoms with Gasteiger partial charge in [0.05, 0.1) is 13.3 Å². The van der Waals surface area contributed by atoms with Crippen LogP contribution in [0.1, 0.15) is 21.5 Å². The van der Waals surface area contributed by atoms with Crippen LogP contribution in [0, 0.1) is 13.8 Å². The minimum absolute atomic E-state index is 0.0359. The average molecular weight is 333 g/mol. The van der Waals surface area contributed by atoms with Crippen LogP contribution in [-0.4, -0.2) is 17.9 Å². The first-order chi connectivity index (χ1) is 12.1. The molecule has 0 amide bonds. The highest BCUT2D eigenvalue weighted by Crippen LogP contribution is 2.21. The maximum Gasteiger partial charge on any atom is 0.287 e. The molecule has 0 unspecified atom stereocenters. The van der Waals surface area contributed by atoms with E-state index in [1.54, 1.807) is 42.3 Å². The average Bonchev–Trinajstić information content (AvgIpc) is 2.63. The Kier molecular flexibility index (Phi) is 4.89. The summed E-state index contributed by atoms with van der Waals surface area (Å²) in [7, 11) is 1.61. The number of methoxy groups -OCH3 is 1. The Morgan fingerprint density at radius 1 is 1.08 bits per heavy atom. The molecular formula is C21H21N2O2+. The molecule has 0 saturated carbocycles. The van der Waals surface area contributed by atoms with Gasteiger partial charge in [-0.3, -0.25) is 4.79 Å². The van der Waals surface area contributed by atoms with Gasteiger partial charge in [0.25, 0.3) is 6.33 Å². The van der Waals surface area contributed by atoms with E-state index in [0.717, 1.165) is 17.0 Å². The van der Waals surface area contributed by atoms with Crippen molar-refractivity contribution in [1.29, 1.82) is 0 Å². The number of nitrogens with zero attached hydrogens (tertiary/aromatic N) is 2. The molecule has 0 aliphatic rings. The molecule has 0 N–H and O–H groups in total. The van der Waals surface area contributed by atoms with Crippen molar-refractivity contribution in [3.63, 3.8) is 0 Å². The van der Waals surface area contributed by atoms with Crippen molar-refractivity contribution >= 4 is 5.78 Å². The number of hydrogen-bond donors (Lipinski definition) is 0. The molecule has 4 nitrogen and oxygen atoms in total. The summed E-state index contributed by atoms with van der Waals surface area (Å²) >= 11 is 0. The molecule has 4 heteroatoms. The van der Waals surface area contributed by atoms with E-state index in [-0.39, 0.29) is 12.3 Å². The maximum absolute atomic E-state index is 12.4. The summed E-state index contributed by atoms with van der Waals surface area (Å²) in [5.41, 5.74) is 5.11. The molecule has 1 aromatic heterocycles. The second-order valence-electron chi connectivity index (χ2n) is 6.09. The topological polar surface area (TPSA) is 43.1 Å². The van der Waals surface area contributed by atoms with Gasteiger partial charge < -0.3 is 4.74 Å². The van der Waals surface area contributed by atoms with Gasteiger partial charge in [-0.15, -0.1) is 0 Å². The summed E-state index contributed by atoms with van der Waals surface area (Å²) in [6, 6.07) is 15.4. The SMILES string of the molecule is COc1ccc(C(=O)C[n+]2ccc(-c3ccc(C)cc3C)nc2)cc1. The molecule has 25 heavy (non-hydrogen) atoms. The summed E-state index contributed by atoms with van der Waals surface area (Å²) < 4.78 is 6.90. The van der Waals surface area contributed by atoms with Gasteiger partial charge in [0.1, 0.15) is 5.75 Å². The Labute approximate surface area is 147 Å². The number of ether oxygens (including phenoxy) is 1. The van der Waals surface area contributed by atoms with E-state index in [2.05, 4.69) is 37.0 Å². The van der Waals surface area contributed by atoms with Gasteiger partial charge in [0, 0.05) is 17.2 Å². The van der Waals surface area contributed by atoms with Gasteiger partial charge in [0.15, 0.2) is 12.2 Å². The molecule has 1 heterocycles. The highest BCUT2D eigenvalue weighted by molar-refractivity contribution is 5.95. The summed E-state index contributed by atoms with van der Waals surface area (Å²) in [6.45, 7) is 4.42. The van der Waals surface area contributed by atoms with Crippen LogP contribution in [0.5, 0.6) is 5.75 Å². The Balaban J connectivity index is 1.74. The van der Waals surface area contributed by atoms with Crippen molar-refractivity contribution < 1.29 is 14.1 Å². The number of rotatable bonds is 5. The Bertz CT molecular complexity index is 885. The summed E-state index contributed by atoms with van der Waals surface area (Å²) in [6.07, 6.45) is 3.60. The number of carbonyl (C=O) groups excluding carboxylic acids is 1. The smallest absolute Gasteiger partial charge is 0.287 e. The molecule has 2 aromatic carbocycles. The van der Waals surface area contributed by atoms with Gasteiger partial charge in [-0.1, -0.05) is 23.8 Å². The van der Waals surface area contributed by atoms with Crippen molar-refractivity contribution in [2.24, 2.45) is 0 Å². The minimum Gasteiger partial charge on any atom is -0.497 e. The first-order valence-corrected chi connectivity index (χ1v) is 8.17. The molecule has 126 valence electrons. The number of benzene rings is 2. The van der Waals surface area contributed by atoms with Crippen LogP contribution in [0.15, 0.2) is 61.1 Å². The fourth-order valence-electron chi connectivity index (χ4n) is 2.77. The van der Waals surface area contributed by atoms with E-state index in [1.165, 1.54) is 11.1 Å². The van der Waals surface area contributed by atoms with Crippen molar-refractivity contribution in [2.75, 3.05) is 7.11 Å². The van der Waals surface area contributed by atoms with Crippen molar-refractivity contribution in [2.45, 2.75) is 20.4 Å². The first-order valence-electron chi connectivity index (χ1n) is 8.17. The lowest BCUT2D eigenvalue weighted by molar-refractivity contribution is -0.686. The van der Waals surface area contributed by atoms with Crippen molar-refractivity contribution in [3.8, 4) is 17.0 Å². The number of hydrogen-bond acceptors (Lipinski definition) is 3. The third-order valence-corrected chi connectivity index (χ3v) is 4.17. The number of ketones is 1.